The maximum atomic E-state index is 12.5. The first-order valence-electron chi connectivity index (χ1n) is 7.55. The van der Waals surface area contributed by atoms with Gasteiger partial charge in [-0.15, -0.1) is 0 Å². The van der Waals surface area contributed by atoms with Crippen molar-refractivity contribution in [1.82, 2.24) is 0 Å². The maximum absolute atomic E-state index is 12.5. The summed E-state index contributed by atoms with van der Waals surface area (Å²) in [6, 6.07) is 0. The zero-order valence-electron chi connectivity index (χ0n) is 13.4. The largest absolute Gasteiger partial charge is 0.459 e. The summed E-state index contributed by atoms with van der Waals surface area (Å²) in [5, 5.41) is 0. The molecule has 1 fully saturated rings. The van der Waals surface area contributed by atoms with Crippen molar-refractivity contribution < 1.29 is 19.1 Å². The summed E-state index contributed by atoms with van der Waals surface area (Å²) in [6.07, 6.45) is 5.04. The molecule has 116 valence electrons. The number of Topliss-reactive ketones (excluding diaryl/α,β-unsaturated/α-hetero) is 1. The van der Waals surface area contributed by atoms with Crippen LogP contribution in [0.5, 0.6) is 0 Å². The van der Waals surface area contributed by atoms with Gasteiger partial charge in [-0.05, 0) is 46.5 Å². The molecule has 0 amide bonds. The van der Waals surface area contributed by atoms with E-state index in [9.17, 15) is 9.59 Å². The smallest absolute Gasteiger partial charge is 0.316 e. The van der Waals surface area contributed by atoms with Crippen LogP contribution in [-0.2, 0) is 19.1 Å². The maximum Gasteiger partial charge on any atom is 0.316 e. The first kappa shape index (κ1) is 17.2. The van der Waals surface area contributed by atoms with Gasteiger partial charge < -0.3 is 9.47 Å². The highest BCUT2D eigenvalue weighted by Crippen LogP contribution is 2.29. The van der Waals surface area contributed by atoms with Gasteiger partial charge in [0.1, 0.15) is 17.6 Å². The lowest BCUT2D eigenvalue weighted by atomic mass is 9.81. The van der Waals surface area contributed by atoms with Crippen molar-refractivity contribution in [2.24, 2.45) is 11.8 Å². The molecule has 0 aromatic carbocycles. The van der Waals surface area contributed by atoms with Gasteiger partial charge in [-0.2, -0.15) is 0 Å². The summed E-state index contributed by atoms with van der Waals surface area (Å²) in [5.74, 6) is -1.12. The summed E-state index contributed by atoms with van der Waals surface area (Å²) in [5.41, 5.74) is -0.570. The average molecular weight is 284 g/mol. The zero-order valence-corrected chi connectivity index (χ0v) is 13.4. The number of hydrogen-bond acceptors (Lipinski definition) is 4. The molecular weight excluding hydrogens is 256 g/mol. The average Bonchev–Trinajstić information content (AvgIpc) is 2.37. The fourth-order valence-electron chi connectivity index (χ4n) is 2.73. The molecular formula is C16H28O4. The molecule has 0 N–H and O–H groups in total. The molecule has 0 bridgehead atoms. The SMILES string of the molecule is COC(C(=O)C(C)C(=O)OC(C)(C)C)C1CCCCC1. The Hall–Kier alpha value is -0.900. The quantitative estimate of drug-likeness (QED) is 0.575. The number of methoxy groups -OCH3 is 1. The van der Waals surface area contributed by atoms with E-state index < -0.39 is 23.6 Å². The van der Waals surface area contributed by atoms with Crippen LogP contribution in [0.1, 0.15) is 59.8 Å². The minimum atomic E-state index is -0.763. The molecule has 1 saturated carbocycles. The van der Waals surface area contributed by atoms with Gasteiger partial charge in [0.2, 0.25) is 0 Å². The van der Waals surface area contributed by atoms with Crippen LogP contribution in [0.25, 0.3) is 0 Å². The molecule has 0 aromatic rings. The van der Waals surface area contributed by atoms with Crippen LogP contribution in [0.2, 0.25) is 0 Å². The van der Waals surface area contributed by atoms with Gasteiger partial charge in [-0.25, -0.2) is 0 Å². The second-order valence-electron chi connectivity index (χ2n) is 6.71. The van der Waals surface area contributed by atoms with Crippen LogP contribution in [0.15, 0.2) is 0 Å². The Morgan fingerprint density at radius 2 is 1.65 bits per heavy atom. The van der Waals surface area contributed by atoms with Crippen molar-refractivity contribution in [3.05, 3.63) is 0 Å². The van der Waals surface area contributed by atoms with E-state index >= 15 is 0 Å². The standard InChI is InChI=1S/C16H28O4/c1-11(15(18)20-16(2,3)4)13(17)14(19-5)12-9-7-6-8-10-12/h11-12,14H,6-10H2,1-5H3. The fourth-order valence-corrected chi connectivity index (χ4v) is 2.73. The number of rotatable bonds is 5. The number of ketones is 1. The fraction of sp³-hybridized carbons (Fsp3) is 0.875. The molecule has 0 saturated heterocycles. The molecule has 20 heavy (non-hydrogen) atoms. The van der Waals surface area contributed by atoms with E-state index in [-0.39, 0.29) is 11.7 Å². The van der Waals surface area contributed by atoms with Crippen LogP contribution in [-0.4, -0.2) is 30.6 Å². The Kier molecular flexibility index (Phi) is 6.18. The lowest BCUT2D eigenvalue weighted by molar-refractivity contribution is -0.164. The highest BCUT2D eigenvalue weighted by molar-refractivity contribution is 6.01. The molecule has 0 aromatic heterocycles. The summed E-state index contributed by atoms with van der Waals surface area (Å²) >= 11 is 0. The van der Waals surface area contributed by atoms with E-state index in [1.54, 1.807) is 34.8 Å². The van der Waals surface area contributed by atoms with Crippen LogP contribution in [0.4, 0.5) is 0 Å². The Bertz CT molecular complexity index is 337. The number of esters is 1. The zero-order chi connectivity index (χ0) is 15.3. The molecule has 2 atom stereocenters. The predicted octanol–water partition coefficient (Wildman–Crippen LogP) is 3.13. The Labute approximate surface area is 122 Å². The van der Waals surface area contributed by atoms with Gasteiger partial charge in [0.25, 0.3) is 0 Å². The Balaban J connectivity index is 2.67. The minimum Gasteiger partial charge on any atom is -0.459 e. The first-order valence-corrected chi connectivity index (χ1v) is 7.55. The third-order valence-electron chi connectivity index (χ3n) is 3.80. The molecule has 1 rings (SSSR count). The second-order valence-corrected chi connectivity index (χ2v) is 6.71. The molecule has 2 unspecified atom stereocenters. The third-order valence-corrected chi connectivity index (χ3v) is 3.80. The van der Waals surface area contributed by atoms with E-state index in [1.165, 1.54) is 6.42 Å². The van der Waals surface area contributed by atoms with Crippen molar-refractivity contribution in [2.45, 2.75) is 71.5 Å². The molecule has 4 heteroatoms. The van der Waals surface area contributed by atoms with Crippen LogP contribution in [0.3, 0.4) is 0 Å². The van der Waals surface area contributed by atoms with Crippen LogP contribution >= 0.6 is 0 Å². The number of carbonyl (C=O) groups is 2. The van der Waals surface area contributed by atoms with E-state index in [1.807, 2.05) is 0 Å². The summed E-state index contributed by atoms with van der Waals surface area (Å²) in [6.45, 7) is 7.02. The first-order chi connectivity index (χ1) is 9.26. The van der Waals surface area contributed by atoms with Crippen LogP contribution in [0, 0.1) is 11.8 Å². The molecule has 0 radical (unpaired) electrons. The Morgan fingerprint density at radius 1 is 1.10 bits per heavy atom. The van der Waals surface area contributed by atoms with Crippen molar-refractivity contribution in [3.8, 4) is 0 Å². The van der Waals surface area contributed by atoms with E-state index in [0.29, 0.717) is 0 Å². The van der Waals surface area contributed by atoms with Gasteiger partial charge in [0, 0.05) is 7.11 Å². The molecule has 1 aliphatic rings. The van der Waals surface area contributed by atoms with E-state index in [4.69, 9.17) is 9.47 Å². The van der Waals surface area contributed by atoms with Crippen LogP contribution < -0.4 is 0 Å². The van der Waals surface area contributed by atoms with Crippen molar-refractivity contribution in [2.75, 3.05) is 7.11 Å². The molecule has 0 spiro atoms. The summed E-state index contributed by atoms with van der Waals surface area (Å²) in [4.78, 5) is 24.5. The lowest BCUT2D eigenvalue weighted by Gasteiger charge is -2.30. The third kappa shape index (κ3) is 4.89. The van der Waals surface area contributed by atoms with Gasteiger partial charge in [-0.3, -0.25) is 9.59 Å². The molecule has 0 heterocycles. The second kappa shape index (κ2) is 7.21. The van der Waals surface area contributed by atoms with Gasteiger partial charge in [0.15, 0.2) is 5.78 Å². The lowest BCUT2D eigenvalue weighted by Crippen LogP contribution is -2.41. The highest BCUT2D eigenvalue weighted by Gasteiger charge is 2.36. The normalized spacial score (nSPS) is 20.2. The van der Waals surface area contributed by atoms with Gasteiger partial charge in [-0.1, -0.05) is 19.3 Å². The van der Waals surface area contributed by atoms with E-state index in [2.05, 4.69) is 0 Å². The van der Waals surface area contributed by atoms with Crippen molar-refractivity contribution in [3.63, 3.8) is 0 Å². The summed E-state index contributed by atoms with van der Waals surface area (Å²) < 4.78 is 10.7. The van der Waals surface area contributed by atoms with Gasteiger partial charge >= 0.3 is 5.97 Å². The number of hydrogen-bond donors (Lipinski definition) is 0. The highest BCUT2D eigenvalue weighted by atomic mass is 16.6. The monoisotopic (exact) mass is 284 g/mol. The van der Waals surface area contributed by atoms with Gasteiger partial charge in [0.05, 0.1) is 0 Å². The number of ether oxygens (including phenoxy) is 2. The molecule has 0 aliphatic heterocycles. The van der Waals surface area contributed by atoms with E-state index in [0.717, 1.165) is 25.7 Å². The van der Waals surface area contributed by atoms with Crippen molar-refractivity contribution >= 4 is 11.8 Å². The predicted molar refractivity (Wildman–Crippen MR) is 77.4 cm³/mol. The molecule has 4 nitrogen and oxygen atoms in total. The Morgan fingerprint density at radius 3 is 2.10 bits per heavy atom. The number of carbonyl (C=O) groups excluding carboxylic acids is 2. The minimum absolute atomic E-state index is 0.145. The summed E-state index contributed by atoms with van der Waals surface area (Å²) in [7, 11) is 1.55. The molecule has 1 aliphatic carbocycles. The van der Waals surface area contributed by atoms with Crippen molar-refractivity contribution in [1.29, 1.82) is 0 Å². The topological polar surface area (TPSA) is 52.6 Å².